The third-order valence-electron chi connectivity index (χ3n) is 3.21. The first-order chi connectivity index (χ1) is 8.72. The van der Waals surface area contributed by atoms with E-state index >= 15 is 0 Å². The third kappa shape index (κ3) is 2.12. The predicted octanol–water partition coefficient (Wildman–Crippen LogP) is 0.984. The monoisotopic (exact) mass is 247 g/mol. The minimum absolute atomic E-state index is 0.507. The summed E-state index contributed by atoms with van der Waals surface area (Å²) in [6.45, 7) is 3.97. The van der Waals surface area contributed by atoms with Gasteiger partial charge in [-0.15, -0.1) is 0 Å². The van der Waals surface area contributed by atoms with Crippen molar-refractivity contribution in [1.82, 2.24) is 14.9 Å². The fourth-order valence-electron chi connectivity index (χ4n) is 2.07. The maximum atomic E-state index is 5.85. The van der Waals surface area contributed by atoms with Gasteiger partial charge in [0.1, 0.15) is 5.52 Å². The molecule has 1 aliphatic rings. The molecule has 1 saturated heterocycles. The van der Waals surface area contributed by atoms with Gasteiger partial charge in [0.05, 0.1) is 5.69 Å². The van der Waals surface area contributed by atoms with Crippen molar-refractivity contribution in [2.24, 2.45) is 0 Å². The van der Waals surface area contributed by atoms with Crippen LogP contribution < -0.4 is 11.2 Å². The molecule has 3 N–H and O–H groups in total. The summed E-state index contributed by atoms with van der Waals surface area (Å²) in [6.07, 6.45) is 0. The van der Waals surface area contributed by atoms with E-state index in [1.165, 1.54) is 0 Å². The highest BCUT2D eigenvalue weighted by Gasteiger charge is 2.16. The van der Waals surface area contributed by atoms with Crippen molar-refractivity contribution in [3.63, 3.8) is 0 Å². The number of para-hydroxylation sites is 1. The maximum Gasteiger partial charge on any atom is 0.310 e. The number of piperazine rings is 1. The summed E-state index contributed by atoms with van der Waals surface area (Å²) in [7, 11) is 2.12. The standard InChI is InChI=1S/C12H17N5O/c1-16-5-7-17(8-6-16)15-12-14-11-9(13)3-2-4-10(11)18-12/h2-4H,5-8,13H2,1H3,(H,14,15). The van der Waals surface area contributed by atoms with Crippen LogP contribution in [-0.2, 0) is 0 Å². The molecule has 0 atom stereocenters. The molecule has 6 heteroatoms. The molecular weight excluding hydrogens is 230 g/mol. The Bertz CT molecular complexity index is 544. The highest BCUT2D eigenvalue weighted by molar-refractivity contribution is 5.86. The van der Waals surface area contributed by atoms with Gasteiger partial charge in [0, 0.05) is 26.2 Å². The summed E-state index contributed by atoms with van der Waals surface area (Å²) >= 11 is 0. The van der Waals surface area contributed by atoms with Crippen LogP contribution in [0.5, 0.6) is 0 Å². The summed E-state index contributed by atoms with van der Waals surface area (Å²) in [6, 6.07) is 6.06. The molecule has 2 aromatic rings. The van der Waals surface area contributed by atoms with Gasteiger partial charge in [-0.1, -0.05) is 6.07 Å². The number of nitrogens with zero attached hydrogens (tertiary/aromatic N) is 3. The van der Waals surface area contributed by atoms with Crippen molar-refractivity contribution in [3.05, 3.63) is 18.2 Å². The Labute approximate surface area is 105 Å². The fourth-order valence-corrected chi connectivity index (χ4v) is 2.07. The molecule has 6 nitrogen and oxygen atoms in total. The van der Waals surface area contributed by atoms with Crippen molar-refractivity contribution >= 4 is 22.8 Å². The number of hydrogen-bond donors (Lipinski definition) is 2. The molecule has 0 spiro atoms. The van der Waals surface area contributed by atoms with Gasteiger partial charge in [-0.2, -0.15) is 4.98 Å². The number of hydrazine groups is 1. The number of fused-ring (bicyclic) bond motifs is 1. The Morgan fingerprint density at radius 2 is 2.06 bits per heavy atom. The summed E-state index contributed by atoms with van der Waals surface area (Å²) in [4.78, 5) is 6.66. The minimum atomic E-state index is 0.507. The second-order valence-corrected chi connectivity index (χ2v) is 4.62. The lowest BCUT2D eigenvalue weighted by molar-refractivity contribution is 0.175. The maximum absolute atomic E-state index is 5.85. The highest BCUT2D eigenvalue weighted by atomic mass is 16.4. The van der Waals surface area contributed by atoms with Crippen LogP contribution in [0.2, 0.25) is 0 Å². The molecule has 3 rings (SSSR count). The molecule has 0 saturated carbocycles. The van der Waals surface area contributed by atoms with Gasteiger partial charge in [-0.25, -0.2) is 5.01 Å². The molecule has 2 heterocycles. The lowest BCUT2D eigenvalue weighted by Gasteiger charge is -2.31. The molecule has 0 bridgehead atoms. The van der Waals surface area contributed by atoms with Crippen molar-refractivity contribution < 1.29 is 4.42 Å². The van der Waals surface area contributed by atoms with E-state index in [0.29, 0.717) is 22.8 Å². The predicted molar refractivity (Wildman–Crippen MR) is 71.1 cm³/mol. The van der Waals surface area contributed by atoms with Crippen molar-refractivity contribution in [1.29, 1.82) is 0 Å². The number of hydrogen-bond acceptors (Lipinski definition) is 6. The Morgan fingerprint density at radius 3 is 2.78 bits per heavy atom. The largest absolute Gasteiger partial charge is 0.423 e. The van der Waals surface area contributed by atoms with Gasteiger partial charge < -0.3 is 15.1 Å². The van der Waals surface area contributed by atoms with E-state index in [4.69, 9.17) is 10.2 Å². The van der Waals surface area contributed by atoms with Crippen molar-refractivity contribution in [3.8, 4) is 0 Å². The SMILES string of the molecule is CN1CCN(Nc2nc3c(N)cccc3o2)CC1. The topological polar surface area (TPSA) is 70.6 Å². The van der Waals surface area contributed by atoms with Gasteiger partial charge in [0.15, 0.2) is 5.58 Å². The number of nitrogen functional groups attached to an aromatic ring is 1. The number of anilines is 2. The van der Waals surface area contributed by atoms with Crippen LogP contribution in [-0.4, -0.2) is 48.1 Å². The quantitative estimate of drug-likeness (QED) is 0.771. The summed E-state index contributed by atoms with van der Waals surface area (Å²) in [5.41, 5.74) is 11.1. The molecule has 18 heavy (non-hydrogen) atoms. The van der Waals surface area contributed by atoms with Crippen LogP contribution >= 0.6 is 0 Å². The van der Waals surface area contributed by atoms with E-state index in [2.05, 4.69) is 27.4 Å². The van der Waals surface area contributed by atoms with Crippen LogP contribution in [0.1, 0.15) is 0 Å². The number of nitrogens with two attached hydrogens (primary N) is 1. The smallest absolute Gasteiger partial charge is 0.310 e. The zero-order valence-electron chi connectivity index (χ0n) is 10.4. The first kappa shape index (κ1) is 11.3. The lowest BCUT2D eigenvalue weighted by Crippen LogP contribution is -2.46. The Kier molecular flexibility index (Phi) is 2.81. The Hall–Kier alpha value is -1.79. The molecule has 1 aliphatic heterocycles. The number of oxazole rings is 1. The second kappa shape index (κ2) is 4.47. The number of benzene rings is 1. The molecule has 0 radical (unpaired) electrons. The average molecular weight is 247 g/mol. The molecule has 0 amide bonds. The van der Waals surface area contributed by atoms with E-state index in [9.17, 15) is 0 Å². The normalized spacial score (nSPS) is 18.3. The average Bonchev–Trinajstić information content (AvgIpc) is 2.76. The zero-order chi connectivity index (χ0) is 12.5. The van der Waals surface area contributed by atoms with Gasteiger partial charge >= 0.3 is 6.01 Å². The molecule has 0 unspecified atom stereocenters. The van der Waals surface area contributed by atoms with Crippen LogP contribution in [0.25, 0.3) is 11.1 Å². The zero-order valence-corrected chi connectivity index (χ0v) is 10.4. The van der Waals surface area contributed by atoms with E-state index in [1.807, 2.05) is 18.2 Å². The summed E-state index contributed by atoms with van der Waals surface area (Å²) in [5.74, 6) is 0. The van der Waals surface area contributed by atoms with Crippen molar-refractivity contribution in [2.75, 3.05) is 44.4 Å². The number of likely N-dealkylation sites (N-methyl/N-ethyl adjacent to an activating group) is 1. The Morgan fingerprint density at radius 1 is 1.28 bits per heavy atom. The van der Waals surface area contributed by atoms with E-state index in [-0.39, 0.29) is 0 Å². The fraction of sp³-hybridized carbons (Fsp3) is 0.417. The van der Waals surface area contributed by atoms with Crippen LogP contribution in [0.15, 0.2) is 22.6 Å². The van der Waals surface area contributed by atoms with E-state index in [1.54, 1.807) is 0 Å². The van der Waals surface area contributed by atoms with Crippen LogP contribution in [0.3, 0.4) is 0 Å². The first-order valence-corrected chi connectivity index (χ1v) is 6.07. The molecule has 96 valence electrons. The molecule has 1 fully saturated rings. The van der Waals surface area contributed by atoms with Gasteiger partial charge in [0.25, 0.3) is 0 Å². The highest BCUT2D eigenvalue weighted by Crippen LogP contribution is 2.23. The van der Waals surface area contributed by atoms with Crippen LogP contribution in [0.4, 0.5) is 11.7 Å². The number of rotatable bonds is 2. The van der Waals surface area contributed by atoms with Gasteiger partial charge in [-0.05, 0) is 19.2 Å². The lowest BCUT2D eigenvalue weighted by atomic mass is 10.3. The van der Waals surface area contributed by atoms with E-state index in [0.717, 1.165) is 26.2 Å². The van der Waals surface area contributed by atoms with Gasteiger partial charge in [-0.3, -0.25) is 5.43 Å². The van der Waals surface area contributed by atoms with Crippen LogP contribution in [0, 0.1) is 0 Å². The van der Waals surface area contributed by atoms with E-state index < -0.39 is 0 Å². The van der Waals surface area contributed by atoms with Crippen molar-refractivity contribution in [2.45, 2.75) is 0 Å². The first-order valence-electron chi connectivity index (χ1n) is 6.07. The van der Waals surface area contributed by atoms with Gasteiger partial charge in [0.2, 0.25) is 0 Å². The summed E-state index contributed by atoms with van der Waals surface area (Å²) < 4.78 is 5.62. The third-order valence-corrected chi connectivity index (χ3v) is 3.21. The number of nitrogens with one attached hydrogen (secondary N) is 1. The Balaban J connectivity index is 1.77. The minimum Gasteiger partial charge on any atom is -0.423 e. The second-order valence-electron chi connectivity index (χ2n) is 4.62. The summed E-state index contributed by atoms with van der Waals surface area (Å²) in [5, 5.41) is 2.11. The molecule has 1 aromatic heterocycles. The molecule has 1 aromatic carbocycles. The number of aromatic nitrogens is 1. The molecule has 0 aliphatic carbocycles. The molecular formula is C12H17N5O.